The third kappa shape index (κ3) is 3.89. The minimum atomic E-state index is -0.0223. The zero-order valence-corrected chi connectivity index (χ0v) is 11.8. The van der Waals surface area contributed by atoms with Crippen LogP contribution in [0.1, 0.15) is 6.42 Å². The molecule has 1 heterocycles. The van der Waals surface area contributed by atoms with Crippen LogP contribution >= 0.6 is 12.2 Å². The van der Waals surface area contributed by atoms with Crippen molar-refractivity contribution in [1.29, 1.82) is 0 Å². The number of rotatable bonds is 5. The molecule has 0 aliphatic carbocycles. The van der Waals surface area contributed by atoms with Crippen molar-refractivity contribution >= 4 is 17.4 Å². The Morgan fingerprint density at radius 1 is 1.21 bits per heavy atom. The summed E-state index contributed by atoms with van der Waals surface area (Å²) in [5, 5.41) is 3.39. The number of thiocarbonyl (C=S) groups is 1. The van der Waals surface area contributed by atoms with Gasteiger partial charge in [0.1, 0.15) is 30.0 Å². The van der Waals surface area contributed by atoms with Gasteiger partial charge in [-0.15, -0.1) is 0 Å². The molecule has 19 heavy (non-hydrogen) atoms. The average Bonchev–Trinajstić information content (AvgIpc) is 2.44. The van der Waals surface area contributed by atoms with Crippen molar-refractivity contribution in [3.05, 3.63) is 18.2 Å². The fourth-order valence-electron chi connectivity index (χ4n) is 1.76. The summed E-state index contributed by atoms with van der Waals surface area (Å²) < 4.78 is 21.5. The minimum Gasteiger partial charge on any atom is -0.496 e. The molecule has 1 fully saturated rings. The molecular formula is C13H17NO4S. The Balaban J connectivity index is 1.96. The molecule has 1 atom stereocenters. The molecule has 0 saturated carbocycles. The van der Waals surface area contributed by atoms with E-state index >= 15 is 0 Å². The van der Waals surface area contributed by atoms with Crippen LogP contribution in [0.25, 0.3) is 0 Å². The highest BCUT2D eigenvalue weighted by Crippen LogP contribution is 2.27. The Bertz CT molecular complexity index is 430. The highest BCUT2D eigenvalue weighted by molar-refractivity contribution is 7.80. The highest BCUT2D eigenvalue weighted by Gasteiger charge is 2.18. The zero-order valence-electron chi connectivity index (χ0n) is 11.0. The van der Waals surface area contributed by atoms with Gasteiger partial charge in [0, 0.05) is 31.2 Å². The molecule has 1 aromatic rings. The lowest BCUT2D eigenvalue weighted by Crippen LogP contribution is -2.40. The van der Waals surface area contributed by atoms with Gasteiger partial charge in [-0.1, -0.05) is 0 Å². The van der Waals surface area contributed by atoms with Gasteiger partial charge in [-0.05, 0) is 12.2 Å². The van der Waals surface area contributed by atoms with E-state index in [2.05, 4.69) is 5.32 Å². The van der Waals surface area contributed by atoms with Gasteiger partial charge in [0.15, 0.2) is 0 Å². The summed E-state index contributed by atoms with van der Waals surface area (Å²) in [4.78, 5) is 0. The molecule has 0 amide bonds. The van der Waals surface area contributed by atoms with Crippen LogP contribution in [0.2, 0.25) is 0 Å². The van der Waals surface area contributed by atoms with Gasteiger partial charge in [0.25, 0.3) is 5.17 Å². The summed E-state index contributed by atoms with van der Waals surface area (Å²) in [5.41, 5.74) is 0. The normalized spacial score (nSPS) is 18.2. The van der Waals surface area contributed by atoms with E-state index in [0.29, 0.717) is 29.0 Å². The van der Waals surface area contributed by atoms with Crippen LogP contribution in [0.5, 0.6) is 17.2 Å². The minimum absolute atomic E-state index is 0.0223. The third-order valence-corrected chi connectivity index (χ3v) is 3.01. The van der Waals surface area contributed by atoms with Crippen molar-refractivity contribution in [2.45, 2.75) is 12.5 Å². The monoisotopic (exact) mass is 283 g/mol. The lowest BCUT2D eigenvalue weighted by molar-refractivity contribution is 0.0954. The van der Waals surface area contributed by atoms with Gasteiger partial charge in [-0.3, -0.25) is 0 Å². The lowest BCUT2D eigenvalue weighted by atomic mass is 10.2. The number of methoxy groups -OCH3 is 2. The number of hydrogen-bond donors (Lipinski definition) is 1. The first-order valence-electron chi connectivity index (χ1n) is 6.01. The predicted molar refractivity (Wildman–Crippen MR) is 75.1 cm³/mol. The fourth-order valence-corrected chi connectivity index (χ4v) is 2.00. The topological polar surface area (TPSA) is 49.0 Å². The smallest absolute Gasteiger partial charge is 0.257 e. The Morgan fingerprint density at radius 2 is 1.84 bits per heavy atom. The van der Waals surface area contributed by atoms with E-state index in [1.54, 1.807) is 20.3 Å². The first kappa shape index (κ1) is 13.7. The average molecular weight is 283 g/mol. The van der Waals surface area contributed by atoms with E-state index < -0.39 is 0 Å². The molecule has 1 aromatic carbocycles. The molecule has 0 bridgehead atoms. The molecule has 1 unspecified atom stereocenters. The van der Waals surface area contributed by atoms with Crippen LogP contribution in [0.15, 0.2) is 18.2 Å². The van der Waals surface area contributed by atoms with Crippen molar-refractivity contribution in [3.63, 3.8) is 0 Å². The first-order chi connectivity index (χ1) is 9.21. The fraction of sp³-hybridized carbons (Fsp3) is 0.462. The maximum Gasteiger partial charge on any atom is 0.257 e. The number of ether oxygens (including phenoxy) is 4. The molecule has 1 saturated heterocycles. The Morgan fingerprint density at radius 3 is 2.42 bits per heavy atom. The van der Waals surface area contributed by atoms with Gasteiger partial charge in [0.05, 0.1) is 14.2 Å². The summed E-state index contributed by atoms with van der Waals surface area (Å²) in [6.07, 6.45) is 0.840. The number of benzene rings is 1. The molecular weight excluding hydrogens is 266 g/mol. The van der Waals surface area contributed by atoms with Crippen LogP contribution in [0, 0.1) is 0 Å². The molecule has 1 N–H and O–H groups in total. The summed E-state index contributed by atoms with van der Waals surface area (Å²) >= 11 is 4.96. The van der Waals surface area contributed by atoms with Crippen LogP contribution in [-0.2, 0) is 4.74 Å². The number of hydrogen-bond acceptors (Lipinski definition) is 5. The van der Waals surface area contributed by atoms with E-state index in [-0.39, 0.29) is 6.10 Å². The van der Waals surface area contributed by atoms with Crippen molar-refractivity contribution < 1.29 is 18.9 Å². The maximum absolute atomic E-state index is 5.71. The van der Waals surface area contributed by atoms with E-state index in [0.717, 1.165) is 13.0 Å². The third-order valence-electron chi connectivity index (χ3n) is 2.77. The Labute approximate surface area is 117 Å². The summed E-state index contributed by atoms with van der Waals surface area (Å²) in [6.45, 7) is 1.26. The first-order valence-corrected chi connectivity index (χ1v) is 6.42. The summed E-state index contributed by atoms with van der Waals surface area (Å²) in [5.74, 6) is 2.07. The largest absolute Gasteiger partial charge is 0.496 e. The van der Waals surface area contributed by atoms with Gasteiger partial charge in [0.2, 0.25) is 0 Å². The Kier molecular flexibility index (Phi) is 4.68. The zero-order chi connectivity index (χ0) is 13.7. The van der Waals surface area contributed by atoms with Crippen LogP contribution in [0.3, 0.4) is 0 Å². The summed E-state index contributed by atoms with van der Waals surface area (Å²) in [6, 6.07) is 5.41. The van der Waals surface area contributed by atoms with Crippen molar-refractivity contribution in [2.24, 2.45) is 0 Å². The molecule has 1 aliphatic rings. The van der Waals surface area contributed by atoms with E-state index in [1.165, 1.54) is 0 Å². The second-order valence-electron chi connectivity index (χ2n) is 4.10. The Hall–Kier alpha value is -1.69. The summed E-state index contributed by atoms with van der Waals surface area (Å²) in [7, 11) is 3.21. The molecule has 0 spiro atoms. The van der Waals surface area contributed by atoms with Gasteiger partial charge in [-0.25, -0.2) is 0 Å². The quantitative estimate of drug-likeness (QED) is 0.831. The molecule has 2 rings (SSSR count). The van der Waals surface area contributed by atoms with Crippen LogP contribution in [0.4, 0.5) is 0 Å². The second kappa shape index (κ2) is 6.47. The molecule has 1 aliphatic heterocycles. The van der Waals surface area contributed by atoms with Gasteiger partial charge < -0.3 is 24.3 Å². The SMILES string of the molecule is COc1cc(OC)cc(OCC2CCNC(=S)O2)c1. The standard InChI is InChI=1S/C13H17NO4S/c1-15-10-5-11(16-2)7-12(6-10)17-8-9-3-4-14-13(19)18-9/h5-7,9H,3-4,8H2,1-2H3,(H,14,19). The van der Waals surface area contributed by atoms with Gasteiger partial charge >= 0.3 is 0 Å². The molecule has 6 heteroatoms. The van der Waals surface area contributed by atoms with Crippen LogP contribution < -0.4 is 19.5 Å². The molecule has 0 aromatic heterocycles. The lowest BCUT2D eigenvalue weighted by Gasteiger charge is -2.25. The van der Waals surface area contributed by atoms with E-state index in [4.69, 9.17) is 31.2 Å². The number of nitrogens with one attached hydrogen (secondary N) is 1. The second-order valence-corrected chi connectivity index (χ2v) is 4.47. The van der Waals surface area contributed by atoms with Gasteiger partial charge in [-0.2, -0.15) is 0 Å². The van der Waals surface area contributed by atoms with E-state index in [1.807, 2.05) is 12.1 Å². The van der Waals surface area contributed by atoms with Crippen molar-refractivity contribution in [1.82, 2.24) is 5.32 Å². The molecule has 104 valence electrons. The van der Waals surface area contributed by atoms with Crippen LogP contribution in [-0.4, -0.2) is 38.6 Å². The molecule has 0 radical (unpaired) electrons. The predicted octanol–water partition coefficient (Wildman–Crippen LogP) is 1.75. The highest BCUT2D eigenvalue weighted by atomic mass is 32.1. The maximum atomic E-state index is 5.71. The van der Waals surface area contributed by atoms with Crippen molar-refractivity contribution in [3.8, 4) is 17.2 Å². The van der Waals surface area contributed by atoms with E-state index in [9.17, 15) is 0 Å². The molecule has 5 nitrogen and oxygen atoms in total. The van der Waals surface area contributed by atoms with Crippen molar-refractivity contribution in [2.75, 3.05) is 27.4 Å².